The molecule has 0 aliphatic rings. The van der Waals surface area contributed by atoms with Crippen LogP contribution >= 0.6 is 11.6 Å². The van der Waals surface area contributed by atoms with Crippen LogP contribution in [0.25, 0.3) is 0 Å². The summed E-state index contributed by atoms with van der Waals surface area (Å²) in [4.78, 5) is 19.0. The number of alkyl halides is 1. The molecule has 1 heterocycles. The molecule has 1 unspecified atom stereocenters. The number of nitrogens with zero attached hydrogens (tertiary/aromatic N) is 1. The van der Waals surface area contributed by atoms with E-state index in [-0.39, 0.29) is 11.9 Å². The number of halogens is 1. The molecule has 4 nitrogen and oxygen atoms in total. The van der Waals surface area contributed by atoms with Gasteiger partial charge in [-0.3, -0.25) is 4.79 Å². The Morgan fingerprint density at radius 3 is 2.72 bits per heavy atom. The van der Waals surface area contributed by atoms with Crippen molar-refractivity contribution in [2.24, 2.45) is 0 Å². The third-order valence-corrected chi connectivity index (χ3v) is 2.96. The molecule has 0 bridgehead atoms. The van der Waals surface area contributed by atoms with E-state index in [1.54, 1.807) is 24.5 Å². The van der Waals surface area contributed by atoms with E-state index in [1.165, 1.54) is 0 Å². The van der Waals surface area contributed by atoms with Crippen LogP contribution in [-0.4, -0.2) is 15.9 Å². The molecule has 1 aromatic heterocycles. The molecular formula is C13H14ClN3O. The van der Waals surface area contributed by atoms with Crippen molar-refractivity contribution in [1.82, 2.24) is 15.3 Å². The summed E-state index contributed by atoms with van der Waals surface area (Å²) in [6.07, 6.45) is 3.39. The highest BCUT2D eigenvalue weighted by Crippen LogP contribution is 2.10. The third kappa shape index (κ3) is 2.90. The van der Waals surface area contributed by atoms with E-state index in [2.05, 4.69) is 15.3 Å². The second-order valence-corrected chi connectivity index (χ2v) is 4.27. The minimum atomic E-state index is -0.153. The highest BCUT2D eigenvalue weighted by Gasteiger charge is 2.12. The van der Waals surface area contributed by atoms with Gasteiger partial charge in [-0.15, -0.1) is 11.6 Å². The van der Waals surface area contributed by atoms with Gasteiger partial charge in [-0.05, 0) is 24.6 Å². The summed E-state index contributed by atoms with van der Waals surface area (Å²) in [7, 11) is 0. The monoisotopic (exact) mass is 263 g/mol. The number of H-pyrrole nitrogens is 1. The van der Waals surface area contributed by atoms with Crippen LogP contribution in [-0.2, 0) is 5.88 Å². The molecule has 0 aliphatic heterocycles. The minimum absolute atomic E-state index is 0.125. The number of benzene rings is 1. The van der Waals surface area contributed by atoms with Crippen molar-refractivity contribution in [3.8, 4) is 0 Å². The summed E-state index contributed by atoms with van der Waals surface area (Å²) >= 11 is 5.70. The van der Waals surface area contributed by atoms with E-state index in [9.17, 15) is 4.79 Å². The fourth-order valence-electron chi connectivity index (χ4n) is 1.61. The summed E-state index contributed by atoms with van der Waals surface area (Å²) in [5.74, 6) is 1.06. The zero-order valence-electron chi connectivity index (χ0n) is 9.98. The van der Waals surface area contributed by atoms with Gasteiger partial charge >= 0.3 is 0 Å². The fraction of sp³-hybridized carbons (Fsp3) is 0.231. The number of aromatic amines is 1. The lowest BCUT2D eigenvalue weighted by Crippen LogP contribution is -2.27. The van der Waals surface area contributed by atoms with Crippen molar-refractivity contribution in [3.05, 3.63) is 53.6 Å². The van der Waals surface area contributed by atoms with Gasteiger partial charge in [0, 0.05) is 23.8 Å². The molecule has 94 valence electrons. The van der Waals surface area contributed by atoms with E-state index in [0.717, 1.165) is 11.4 Å². The number of aromatic nitrogens is 2. The molecular weight excluding hydrogens is 250 g/mol. The van der Waals surface area contributed by atoms with E-state index < -0.39 is 0 Å². The standard InChI is InChI=1S/C13H14ClN3O/c1-9(12-15-6-7-16-12)17-13(18)11-4-2-10(8-14)3-5-11/h2-7,9H,8H2,1H3,(H,15,16)(H,17,18). The first-order valence-corrected chi connectivity index (χ1v) is 6.19. The highest BCUT2D eigenvalue weighted by atomic mass is 35.5. The minimum Gasteiger partial charge on any atom is -0.347 e. The number of carbonyl (C=O) groups is 1. The van der Waals surface area contributed by atoms with Crippen LogP contribution in [0.3, 0.4) is 0 Å². The van der Waals surface area contributed by atoms with Gasteiger partial charge in [-0.1, -0.05) is 12.1 Å². The zero-order chi connectivity index (χ0) is 13.0. The summed E-state index contributed by atoms with van der Waals surface area (Å²) < 4.78 is 0. The van der Waals surface area contributed by atoms with Crippen LogP contribution in [0.2, 0.25) is 0 Å². The van der Waals surface area contributed by atoms with E-state index in [4.69, 9.17) is 11.6 Å². The molecule has 2 N–H and O–H groups in total. The van der Waals surface area contributed by atoms with Gasteiger partial charge in [-0.25, -0.2) is 4.98 Å². The molecule has 1 atom stereocenters. The van der Waals surface area contributed by atoms with Crippen LogP contribution in [0.15, 0.2) is 36.7 Å². The Hall–Kier alpha value is -1.81. The van der Waals surface area contributed by atoms with E-state index in [1.807, 2.05) is 19.1 Å². The van der Waals surface area contributed by atoms with Crippen molar-refractivity contribution in [2.75, 3.05) is 0 Å². The molecule has 0 spiro atoms. The Morgan fingerprint density at radius 2 is 2.17 bits per heavy atom. The molecule has 0 saturated carbocycles. The first-order valence-electron chi connectivity index (χ1n) is 5.65. The quantitative estimate of drug-likeness (QED) is 0.833. The Balaban J connectivity index is 2.03. The number of nitrogens with one attached hydrogen (secondary N) is 2. The molecule has 0 radical (unpaired) electrons. The van der Waals surface area contributed by atoms with Gasteiger partial charge < -0.3 is 10.3 Å². The second-order valence-electron chi connectivity index (χ2n) is 4.00. The predicted octanol–water partition coefficient (Wildman–Crippen LogP) is 2.64. The average Bonchev–Trinajstić information content (AvgIpc) is 2.92. The molecule has 1 amide bonds. The number of imidazole rings is 1. The number of hydrogen-bond donors (Lipinski definition) is 2. The first-order chi connectivity index (χ1) is 8.70. The first kappa shape index (κ1) is 12.6. The number of amides is 1. The van der Waals surface area contributed by atoms with Crippen LogP contribution in [0.4, 0.5) is 0 Å². The number of hydrogen-bond acceptors (Lipinski definition) is 2. The summed E-state index contributed by atoms with van der Waals surface area (Å²) in [6, 6.07) is 7.07. The van der Waals surface area contributed by atoms with Gasteiger partial charge in [0.1, 0.15) is 5.82 Å². The van der Waals surface area contributed by atoms with Crippen LogP contribution in [0.5, 0.6) is 0 Å². The van der Waals surface area contributed by atoms with E-state index >= 15 is 0 Å². The largest absolute Gasteiger partial charge is 0.347 e. The molecule has 18 heavy (non-hydrogen) atoms. The summed E-state index contributed by atoms with van der Waals surface area (Å²) in [6.45, 7) is 1.88. The van der Waals surface area contributed by atoms with Gasteiger partial charge in [0.25, 0.3) is 5.91 Å². The van der Waals surface area contributed by atoms with Crippen LogP contribution in [0.1, 0.15) is 34.7 Å². The number of rotatable bonds is 4. The Morgan fingerprint density at radius 1 is 1.44 bits per heavy atom. The lowest BCUT2D eigenvalue weighted by Gasteiger charge is -2.11. The van der Waals surface area contributed by atoms with Gasteiger partial charge in [0.15, 0.2) is 0 Å². The zero-order valence-corrected chi connectivity index (χ0v) is 10.7. The maximum absolute atomic E-state index is 12.0. The second kappa shape index (κ2) is 5.69. The Bertz CT molecular complexity index is 508. The molecule has 0 saturated heterocycles. The molecule has 0 aliphatic carbocycles. The van der Waals surface area contributed by atoms with Gasteiger partial charge in [0.2, 0.25) is 0 Å². The molecule has 1 aromatic carbocycles. The SMILES string of the molecule is CC(NC(=O)c1ccc(CCl)cc1)c1ncc[nH]1. The van der Waals surface area contributed by atoms with Crippen LogP contribution in [0, 0.1) is 0 Å². The lowest BCUT2D eigenvalue weighted by atomic mass is 10.1. The molecule has 5 heteroatoms. The van der Waals surface area contributed by atoms with Crippen molar-refractivity contribution in [1.29, 1.82) is 0 Å². The predicted molar refractivity (Wildman–Crippen MR) is 70.5 cm³/mol. The lowest BCUT2D eigenvalue weighted by molar-refractivity contribution is 0.0938. The van der Waals surface area contributed by atoms with Crippen molar-refractivity contribution < 1.29 is 4.79 Å². The van der Waals surface area contributed by atoms with Crippen molar-refractivity contribution >= 4 is 17.5 Å². The Labute approximate surface area is 110 Å². The Kier molecular flexibility index (Phi) is 3.99. The molecule has 0 fully saturated rings. The van der Waals surface area contributed by atoms with Crippen LogP contribution < -0.4 is 5.32 Å². The van der Waals surface area contributed by atoms with Crippen molar-refractivity contribution in [2.45, 2.75) is 18.8 Å². The number of carbonyl (C=O) groups excluding carboxylic acids is 1. The average molecular weight is 264 g/mol. The maximum Gasteiger partial charge on any atom is 0.251 e. The third-order valence-electron chi connectivity index (χ3n) is 2.65. The topological polar surface area (TPSA) is 57.8 Å². The molecule has 2 rings (SSSR count). The maximum atomic E-state index is 12.0. The summed E-state index contributed by atoms with van der Waals surface area (Å²) in [5, 5.41) is 2.87. The highest BCUT2D eigenvalue weighted by molar-refractivity contribution is 6.17. The summed E-state index contributed by atoms with van der Waals surface area (Å²) in [5.41, 5.74) is 1.61. The smallest absolute Gasteiger partial charge is 0.251 e. The normalized spacial score (nSPS) is 12.1. The molecule has 2 aromatic rings. The van der Waals surface area contributed by atoms with E-state index in [0.29, 0.717) is 11.4 Å². The van der Waals surface area contributed by atoms with Crippen molar-refractivity contribution in [3.63, 3.8) is 0 Å². The van der Waals surface area contributed by atoms with Gasteiger partial charge in [0.05, 0.1) is 6.04 Å². The van der Waals surface area contributed by atoms with Gasteiger partial charge in [-0.2, -0.15) is 0 Å². The fourth-order valence-corrected chi connectivity index (χ4v) is 1.79.